The van der Waals surface area contributed by atoms with Crippen LogP contribution in [-0.4, -0.2) is 11.7 Å². The molecule has 0 aliphatic rings. The van der Waals surface area contributed by atoms with E-state index in [4.69, 9.17) is 10.8 Å². The van der Waals surface area contributed by atoms with Crippen LogP contribution >= 0.6 is 0 Å². The number of alkyl halides is 3. The summed E-state index contributed by atoms with van der Waals surface area (Å²) in [4.78, 5) is 0. The number of rotatable bonds is 1. The zero-order chi connectivity index (χ0) is 12.2. The molecule has 0 atom stereocenters. The summed E-state index contributed by atoms with van der Waals surface area (Å²) in [7, 11) is 0. The summed E-state index contributed by atoms with van der Waals surface area (Å²) in [5.74, 6) is 5.06. The zero-order valence-electron chi connectivity index (χ0n) is 8.30. The molecule has 0 unspecified atom stereocenters. The Kier molecular flexibility index (Phi) is 3.80. The van der Waals surface area contributed by atoms with Gasteiger partial charge in [0.25, 0.3) is 0 Å². The molecule has 86 valence electrons. The van der Waals surface area contributed by atoms with Crippen LogP contribution in [0.25, 0.3) is 0 Å². The highest BCUT2D eigenvalue weighted by Gasteiger charge is 2.32. The summed E-state index contributed by atoms with van der Waals surface area (Å²) in [6, 6.07) is 3.49. The van der Waals surface area contributed by atoms with Crippen molar-refractivity contribution in [1.29, 1.82) is 0 Å². The normalized spacial score (nSPS) is 10.8. The van der Waals surface area contributed by atoms with Gasteiger partial charge in [-0.3, -0.25) is 0 Å². The molecule has 0 saturated heterocycles. The molecule has 16 heavy (non-hydrogen) atoms. The quantitative estimate of drug-likeness (QED) is 0.571. The Hall–Kier alpha value is -1.67. The van der Waals surface area contributed by atoms with Crippen LogP contribution < -0.4 is 5.73 Å². The first-order valence-corrected chi connectivity index (χ1v) is 4.51. The van der Waals surface area contributed by atoms with Gasteiger partial charge in [-0.2, -0.15) is 13.2 Å². The van der Waals surface area contributed by atoms with Gasteiger partial charge >= 0.3 is 6.18 Å². The summed E-state index contributed by atoms with van der Waals surface area (Å²) in [6.07, 6.45) is -4.25. The van der Waals surface area contributed by atoms with Gasteiger partial charge in [0.05, 0.1) is 12.2 Å². The highest BCUT2D eigenvalue weighted by Crippen LogP contribution is 2.33. The Bertz CT molecular complexity index is 429. The molecule has 0 radical (unpaired) electrons. The standard InChI is InChI=1S/C11H10F3NO/c12-11(13,14)9-7-8(3-1-2-6-16)4-5-10(9)15/h4-5,7,16H,2,6,15H2. The average molecular weight is 229 g/mol. The zero-order valence-corrected chi connectivity index (χ0v) is 8.30. The molecule has 0 aliphatic carbocycles. The minimum Gasteiger partial charge on any atom is -0.398 e. The van der Waals surface area contributed by atoms with Crippen molar-refractivity contribution in [2.45, 2.75) is 12.6 Å². The molecule has 0 aromatic heterocycles. The topological polar surface area (TPSA) is 46.2 Å². The molecule has 0 heterocycles. The first kappa shape index (κ1) is 12.4. The smallest absolute Gasteiger partial charge is 0.398 e. The highest BCUT2D eigenvalue weighted by atomic mass is 19.4. The molecule has 0 fully saturated rings. The molecule has 0 spiro atoms. The van der Waals surface area contributed by atoms with Crippen molar-refractivity contribution in [3.05, 3.63) is 29.3 Å². The van der Waals surface area contributed by atoms with E-state index in [1.54, 1.807) is 0 Å². The fourth-order valence-corrected chi connectivity index (χ4v) is 1.10. The van der Waals surface area contributed by atoms with E-state index in [9.17, 15) is 13.2 Å². The third-order valence-electron chi connectivity index (χ3n) is 1.83. The Morgan fingerprint density at radius 1 is 1.31 bits per heavy atom. The maximum atomic E-state index is 12.4. The number of aliphatic hydroxyl groups excluding tert-OH is 1. The minimum atomic E-state index is -4.47. The first-order valence-electron chi connectivity index (χ1n) is 4.51. The van der Waals surface area contributed by atoms with E-state index in [2.05, 4.69) is 11.8 Å². The van der Waals surface area contributed by atoms with Crippen LogP contribution in [-0.2, 0) is 6.18 Å². The lowest BCUT2D eigenvalue weighted by Crippen LogP contribution is -2.09. The van der Waals surface area contributed by atoms with E-state index in [1.807, 2.05) is 0 Å². The third-order valence-corrected chi connectivity index (χ3v) is 1.83. The van der Waals surface area contributed by atoms with Gasteiger partial charge in [-0.25, -0.2) is 0 Å². The molecular formula is C11H10F3NO. The largest absolute Gasteiger partial charge is 0.418 e. The van der Waals surface area contributed by atoms with Gasteiger partial charge in [0.2, 0.25) is 0 Å². The Morgan fingerprint density at radius 2 is 2.00 bits per heavy atom. The lowest BCUT2D eigenvalue weighted by molar-refractivity contribution is -0.136. The SMILES string of the molecule is Nc1ccc(C#CCCO)cc1C(F)(F)F. The number of nitrogen functional groups attached to an aromatic ring is 1. The summed E-state index contributed by atoms with van der Waals surface area (Å²) < 4.78 is 37.3. The third kappa shape index (κ3) is 3.17. The predicted molar refractivity (Wildman–Crippen MR) is 54.4 cm³/mol. The highest BCUT2D eigenvalue weighted by molar-refractivity contribution is 5.53. The average Bonchev–Trinajstić information content (AvgIpc) is 2.19. The van der Waals surface area contributed by atoms with Crippen LogP contribution in [0.5, 0.6) is 0 Å². The van der Waals surface area contributed by atoms with Gasteiger partial charge in [-0.1, -0.05) is 11.8 Å². The molecule has 1 aromatic rings. The van der Waals surface area contributed by atoms with Crippen LogP contribution in [0.15, 0.2) is 18.2 Å². The molecule has 2 nitrogen and oxygen atoms in total. The minimum absolute atomic E-state index is 0.117. The molecule has 1 aromatic carbocycles. The lowest BCUT2D eigenvalue weighted by Gasteiger charge is -2.09. The van der Waals surface area contributed by atoms with Crippen molar-refractivity contribution < 1.29 is 18.3 Å². The van der Waals surface area contributed by atoms with E-state index >= 15 is 0 Å². The molecule has 5 heteroatoms. The maximum absolute atomic E-state index is 12.4. The van der Waals surface area contributed by atoms with E-state index in [0.29, 0.717) is 0 Å². The second-order valence-electron chi connectivity index (χ2n) is 3.08. The monoisotopic (exact) mass is 229 g/mol. The fourth-order valence-electron chi connectivity index (χ4n) is 1.10. The number of hydrogen-bond donors (Lipinski definition) is 2. The predicted octanol–water partition coefficient (Wildman–Crippen LogP) is 2.02. The van der Waals surface area contributed by atoms with Crippen molar-refractivity contribution in [3.63, 3.8) is 0 Å². The van der Waals surface area contributed by atoms with Gasteiger partial charge < -0.3 is 10.8 Å². The van der Waals surface area contributed by atoms with E-state index in [0.717, 1.165) is 6.07 Å². The molecule has 0 saturated carbocycles. The van der Waals surface area contributed by atoms with E-state index in [1.165, 1.54) is 12.1 Å². The lowest BCUT2D eigenvalue weighted by atomic mass is 10.1. The van der Waals surface area contributed by atoms with Gasteiger partial charge in [0, 0.05) is 17.7 Å². The van der Waals surface area contributed by atoms with Crippen molar-refractivity contribution in [2.24, 2.45) is 0 Å². The van der Waals surface area contributed by atoms with Gasteiger partial charge in [0.1, 0.15) is 0 Å². The van der Waals surface area contributed by atoms with Crippen LogP contribution in [0.3, 0.4) is 0 Å². The van der Waals surface area contributed by atoms with Gasteiger partial charge in [0.15, 0.2) is 0 Å². The van der Waals surface area contributed by atoms with Gasteiger partial charge in [-0.15, -0.1) is 0 Å². The second-order valence-corrected chi connectivity index (χ2v) is 3.08. The molecular weight excluding hydrogens is 219 g/mol. The van der Waals surface area contributed by atoms with Crippen LogP contribution in [0.1, 0.15) is 17.5 Å². The summed E-state index contributed by atoms with van der Waals surface area (Å²) in [5, 5.41) is 8.47. The molecule has 1 rings (SSSR count). The summed E-state index contributed by atoms with van der Waals surface area (Å²) >= 11 is 0. The van der Waals surface area contributed by atoms with E-state index in [-0.39, 0.29) is 24.3 Å². The molecule has 0 amide bonds. The van der Waals surface area contributed by atoms with Crippen LogP contribution in [0, 0.1) is 11.8 Å². The Morgan fingerprint density at radius 3 is 2.56 bits per heavy atom. The van der Waals surface area contributed by atoms with Crippen molar-refractivity contribution >= 4 is 5.69 Å². The second kappa shape index (κ2) is 4.90. The number of nitrogens with two attached hydrogens (primary N) is 1. The number of hydrogen-bond acceptors (Lipinski definition) is 2. The fraction of sp³-hybridized carbons (Fsp3) is 0.273. The van der Waals surface area contributed by atoms with Crippen molar-refractivity contribution in [3.8, 4) is 11.8 Å². The number of halogens is 3. The molecule has 3 N–H and O–H groups in total. The van der Waals surface area contributed by atoms with Crippen LogP contribution in [0.4, 0.5) is 18.9 Å². The molecule has 0 aliphatic heterocycles. The maximum Gasteiger partial charge on any atom is 0.418 e. The number of anilines is 1. The van der Waals surface area contributed by atoms with Crippen molar-refractivity contribution in [2.75, 3.05) is 12.3 Å². The molecule has 0 bridgehead atoms. The summed E-state index contributed by atoms with van der Waals surface area (Å²) in [5.41, 5.74) is 4.25. The number of benzene rings is 1. The van der Waals surface area contributed by atoms with Gasteiger partial charge in [-0.05, 0) is 18.2 Å². The van der Waals surface area contributed by atoms with Crippen LogP contribution in [0.2, 0.25) is 0 Å². The van der Waals surface area contributed by atoms with E-state index < -0.39 is 11.7 Å². The number of aliphatic hydroxyl groups is 1. The Balaban J connectivity index is 3.05. The van der Waals surface area contributed by atoms with Crippen molar-refractivity contribution in [1.82, 2.24) is 0 Å². The first-order chi connectivity index (χ1) is 7.45. The summed E-state index contributed by atoms with van der Waals surface area (Å²) in [6.45, 7) is -0.117. The Labute approximate surface area is 90.9 Å².